The zero-order valence-corrected chi connectivity index (χ0v) is 11.2. The van der Waals surface area contributed by atoms with Gasteiger partial charge in [0.05, 0.1) is 16.4 Å². The number of nitro benzene ring substituents is 1. The van der Waals surface area contributed by atoms with Crippen molar-refractivity contribution in [3.8, 4) is 0 Å². The number of halogens is 1. The van der Waals surface area contributed by atoms with Gasteiger partial charge in [0.15, 0.2) is 9.84 Å². The zero-order chi connectivity index (χ0) is 14.0. The summed E-state index contributed by atoms with van der Waals surface area (Å²) in [5, 5.41) is 10.7. The fourth-order valence-corrected chi connectivity index (χ4v) is 4.40. The number of rotatable bonds is 5. The van der Waals surface area contributed by atoms with Crippen molar-refractivity contribution in [2.24, 2.45) is 0 Å². The second kappa shape index (κ2) is 5.21. The van der Waals surface area contributed by atoms with Crippen molar-refractivity contribution in [2.75, 3.05) is 11.5 Å². The molecule has 0 saturated carbocycles. The smallest absolute Gasteiger partial charge is 0.258 e. The van der Waals surface area contributed by atoms with Crippen LogP contribution in [0.25, 0.3) is 0 Å². The highest BCUT2D eigenvalue weighted by molar-refractivity contribution is 8.14. The maximum Gasteiger partial charge on any atom is 0.287 e. The summed E-state index contributed by atoms with van der Waals surface area (Å²) in [6.45, 7) is 0. The molecule has 7 nitrogen and oxygen atoms in total. The van der Waals surface area contributed by atoms with Gasteiger partial charge < -0.3 is 0 Å². The molecule has 0 radical (unpaired) electrons. The number of benzene rings is 1. The van der Waals surface area contributed by atoms with E-state index >= 15 is 0 Å². The second-order valence-corrected chi connectivity index (χ2v) is 8.26. The van der Waals surface area contributed by atoms with Gasteiger partial charge in [-0.15, -0.1) is 0 Å². The number of sulfone groups is 1. The van der Waals surface area contributed by atoms with Crippen LogP contribution in [0.4, 0.5) is 5.69 Å². The molecule has 0 spiro atoms. The van der Waals surface area contributed by atoms with E-state index in [1.807, 2.05) is 0 Å². The SMILES string of the molecule is O=[N+]([O-])c1ccccc1S(=O)(=O)CCS(=O)(=O)Cl. The maximum atomic E-state index is 11.8. The van der Waals surface area contributed by atoms with Crippen LogP contribution in [0.1, 0.15) is 0 Å². The molecule has 0 aromatic heterocycles. The van der Waals surface area contributed by atoms with Crippen LogP contribution in [-0.4, -0.2) is 33.3 Å². The molecule has 0 aliphatic rings. The highest BCUT2D eigenvalue weighted by atomic mass is 35.7. The number of hydrogen-bond donors (Lipinski definition) is 0. The van der Waals surface area contributed by atoms with Crippen LogP contribution in [0.2, 0.25) is 0 Å². The quantitative estimate of drug-likeness (QED) is 0.454. The van der Waals surface area contributed by atoms with Gasteiger partial charge in [-0.25, -0.2) is 16.8 Å². The molecule has 1 aromatic carbocycles. The molecule has 100 valence electrons. The Balaban J connectivity index is 3.17. The zero-order valence-electron chi connectivity index (χ0n) is 8.81. The van der Waals surface area contributed by atoms with Gasteiger partial charge >= 0.3 is 0 Å². The van der Waals surface area contributed by atoms with Crippen molar-refractivity contribution in [1.29, 1.82) is 0 Å². The van der Waals surface area contributed by atoms with Crippen molar-refractivity contribution in [2.45, 2.75) is 4.90 Å². The van der Waals surface area contributed by atoms with Crippen molar-refractivity contribution in [1.82, 2.24) is 0 Å². The van der Waals surface area contributed by atoms with Gasteiger partial charge in [-0.1, -0.05) is 12.1 Å². The summed E-state index contributed by atoms with van der Waals surface area (Å²) in [6, 6.07) is 4.71. The molecule has 10 heteroatoms. The molecule has 1 aromatic rings. The first-order valence-corrected chi connectivity index (χ1v) is 8.65. The predicted octanol–water partition coefficient (Wildman–Crippen LogP) is 0.937. The Hall–Kier alpha value is -1.19. The normalized spacial score (nSPS) is 12.3. The molecule has 0 bridgehead atoms. The van der Waals surface area contributed by atoms with Gasteiger partial charge in [0.25, 0.3) is 5.69 Å². The van der Waals surface area contributed by atoms with Crippen LogP contribution in [0.15, 0.2) is 29.2 Å². The monoisotopic (exact) mass is 313 g/mol. The van der Waals surface area contributed by atoms with Gasteiger partial charge in [0, 0.05) is 16.7 Å². The average molecular weight is 314 g/mol. The van der Waals surface area contributed by atoms with E-state index in [-0.39, 0.29) is 0 Å². The van der Waals surface area contributed by atoms with E-state index in [1.54, 1.807) is 0 Å². The molecule has 0 fully saturated rings. The molecular weight excluding hydrogens is 306 g/mol. The standard InChI is InChI=1S/C8H8ClNO6S2/c9-18(15,16)6-5-17(13,14)8-4-2-1-3-7(8)10(11)12/h1-4H,5-6H2. The third kappa shape index (κ3) is 3.93. The highest BCUT2D eigenvalue weighted by Gasteiger charge is 2.26. The van der Waals surface area contributed by atoms with Crippen LogP contribution in [-0.2, 0) is 18.9 Å². The lowest BCUT2D eigenvalue weighted by Crippen LogP contribution is -2.15. The van der Waals surface area contributed by atoms with Gasteiger partial charge in [-0.05, 0) is 6.07 Å². The molecule has 0 aliphatic heterocycles. The van der Waals surface area contributed by atoms with E-state index in [2.05, 4.69) is 0 Å². The van der Waals surface area contributed by atoms with Gasteiger partial charge in [-0.2, -0.15) is 0 Å². The minimum absolute atomic E-state index is 0.518. The largest absolute Gasteiger partial charge is 0.287 e. The van der Waals surface area contributed by atoms with Crippen molar-refractivity contribution < 1.29 is 21.8 Å². The number of nitrogens with zero attached hydrogens (tertiary/aromatic N) is 1. The minimum Gasteiger partial charge on any atom is -0.258 e. The summed E-state index contributed by atoms with van der Waals surface area (Å²) in [7, 11) is -3.15. The van der Waals surface area contributed by atoms with Gasteiger partial charge in [0.1, 0.15) is 4.90 Å². The Kier molecular flexibility index (Phi) is 4.30. The number of para-hydroxylation sites is 1. The molecule has 1 rings (SSSR count). The second-order valence-electron chi connectivity index (χ2n) is 3.29. The number of nitro groups is 1. The summed E-state index contributed by atoms with van der Waals surface area (Å²) in [5.41, 5.74) is -0.593. The number of hydrogen-bond acceptors (Lipinski definition) is 6. The van der Waals surface area contributed by atoms with Crippen LogP contribution >= 0.6 is 10.7 Å². The minimum atomic E-state index is -4.07. The first kappa shape index (κ1) is 14.9. The molecule has 0 N–H and O–H groups in total. The van der Waals surface area contributed by atoms with Crippen molar-refractivity contribution in [3.05, 3.63) is 34.4 Å². The summed E-state index contributed by atoms with van der Waals surface area (Å²) in [5.74, 6) is -1.60. The molecular formula is C8H8ClNO6S2. The molecule has 0 unspecified atom stereocenters. The third-order valence-electron chi connectivity index (χ3n) is 1.99. The highest BCUT2D eigenvalue weighted by Crippen LogP contribution is 2.24. The molecule has 0 heterocycles. The van der Waals surface area contributed by atoms with E-state index in [9.17, 15) is 26.9 Å². The van der Waals surface area contributed by atoms with E-state index in [0.717, 1.165) is 12.1 Å². The fourth-order valence-electron chi connectivity index (χ4n) is 1.19. The Morgan fingerprint density at radius 1 is 1.11 bits per heavy atom. The van der Waals surface area contributed by atoms with E-state index in [0.29, 0.717) is 0 Å². The predicted molar refractivity (Wildman–Crippen MR) is 64.8 cm³/mol. The molecule has 0 saturated heterocycles. The molecule has 0 amide bonds. The molecule has 18 heavy (non-hydrogen) atoms. The summed E-state index contributed by atoms with van der Waals surface area (Å²) in [4.78, 5) is 9.30. The third-order valence-corrected chi connectivity index (χ3v) is 5.16. The van der Waals surface area contributed by atoms with Crippen LogP contribution < -0.4 is 0 Å². The lowest BCUT2D eigenvalue weighted by molar-refractivity contribution is -0.387. The Labute approximate surface area is 108 Å². The van der Waals surface area contributed by atoms with Crippen molar-refractivity contribution in [3.63, 3.8) is 0 Å². The first-order chi connectivity index (χ1) is 8.13. The summed E-state index contributed by atoms with van der Waals surface area (Å²) < 4.78 is 44.9. The maximum absolute atomic E-state index is 11.8. The van der Waals surface area contributed by atoms with Gasteiger partial charge in [0.2, 0.25) is 9.05 Å². The van der Waals surface area contributed by atoms with Crippen LogP contribution in [0.3, 0.4) is 0 Å². The Bertz CT molecular complexity index is 667. The summed E-state index contributed by atoms with van der Waals surface area (Å²) in [6.07, 6.45) is 0. The molecule has 0 atom stereocenters. The Morgan fingerprint density at radius 2 is 1.67 bits per heavy atom. The lowest BCUT2D eigenvalue weighted by Gasteiger charge is -2.03. The van der Waals surface area contributed by atoms with Crippen LogP contribution in [0.5, 0.6) is 0 Å². The molecule has 0 aliphatic carbocycles. The van der Waals surface area contributed by atoms with Crippen LogP contribution in [0, 0.1) is 10.1 Å². The summed E-state index contributed by atoms with van der Waals surface area (Å²) >= 11 is 0. The van der Waals surface area contributed by atoms with E-state index < -0.39 is 45.9 Å². The topological polar surface area (TPSA) is 111 Å². The van der Waals surface area contributed by atoms with Gasteiger partial charge in [-0.3, -0.25) is 10.1 Å². The van der Waals surface area contributed by atoms with Crippen molar-refractivity contribution >= 4 is 35.3 Å². The average Bonchev–Trinajstić information content (AvgIpc) is 2.26. The lowest BCUT2D eigenvalue weighted by atomic mass is 10.3. The first-order valence-electron chi connectivity index (χ1n) is 4.52. The fraction of sp³-hybridized carbons (Fsp3) is 0.250. The Morgan fingerprint density at radius 3 is 2.17 bits per heavy atom. The van der Waals surface area contributed by atoms with E-state index in [1.165, 1.54) is 12.1 Å². The van der Waals surface area contributed by atoms with E-state index in [4.69, 9.17) is 10.7 Å².